The maximum Gasteiger partial charge on any atom is 0.160 e. The smallest absolute Gasteiger partial charge is 0.160 e. The molecule has 1 unspecified atom stereocenters. The maximum absolute atomic E-state index is 5.36. The third kappa shape index (κ3) is 2.16. The molecule has 1 fully saturated rings. The van der Waals surface area contributed by atoms with E-state index >= 15 is 0 Å². The van der Waals surface area contributed by atoms with Gasteiger partial charge >= 0.3 is 0 Å². The van der Waals surface area contributed by atoms with Gasteiger partial charge in [0.15, 0.2) is 5.82 Å². The van der Waals surface area contributed by atoms with Gasteiger partial charge in [-0.3, -0.25) is 4.98 Å². The third-order valence-corrected chi connectivity index (χ3v) is 2.43. The molecule has 0 amide bonds. The van der Waals surface area contributed by atoms with E-state index in [0.717, 1.165) is 25.6 Å². The van der Waals surface area contributed by atoms with Gasteiger partial charge in [-0.1, -0.05) is 0 Å². The third-order valence-electron chi connectivity index (χ3n) is 2.43. The van der Waals surface area contributed by atoms with E-state index in [4.69, 9.17) is 10.6 Å². The molecule has 6 nitrogen and oxygen atoms in total. The lowest BCUT2D eigenvalue weighted by molar-refractivity contribution is 0.0985. The molecule has 0 saturated carbocycles. The van der Waals surface area contributed by atoms with E-state index in [9.17, 15) is 0 Å². The average Bonchev–Trinajstić information content (AvgIpc) is 2.30. The van der Waals surface area contributed by atoms with Crippen molar-refractivity contribution < 1.29 is 4.74 Å². The van der Waals surface area contributed by atoms with Crippen LogP contribution >= 0.6 is 0 Å². The lowest BCUT2D eigenvalue weighted by atomic mass is 10.2. The molecule has 1 atom stereocenters. The van der Waals surface area contributed by atoms with Gasteiger partial charge < -0.3 is 15.1 Å². The van der Waals surface area contributed by atoms with E-state index in [-0.39, 0.29) is 0 Å². The maximum atomic E-state index is 5.36. The molecule has 1 aliphatic heterocycles. The number of anilines is 2. The van der Waals surface area contributed by atoms with Crippen LogP contribution in [0.15, 0.2) is 12.4 Å². The second-order valence-electron chi connectivity index (χ2n) is 3.52. The second-order valence-corrected chi connectivity index (χ2v) is 3.52. The van der Waals surface area contributed by atoms with Gasteiger partial charge in [0.25, 0.3) is 0 Å². The Hall–Kier alpha value is -1.40. The summed E-state index contributed by atoms with van der Waals surface area (Å²) in [6, 6.07) is 0.320. The summed E-state index contributed by atoms with van der Waals surface area (Å²) in [4.78, 5) is 10.6. The summed E-state index contributed by atoms with van der Waals surface area (Å²) < 4.78 is 5.36. The Balaban J connectivity index is 2.19. The van der Waals surface area contributed by atoms with E-state index in [2.05, 4.69) is 27.2 Å². The molecular weight excluding hydrogens is 194 g/mol. The predicted molar refractivity (Wildman–Crippen MR) is 57.5 cm³/mol. The summed E-state index contributed by atoms with van der Waals surface area (Å²) in [7, 11) is 0. The lowest BCUT2D eigenvalue weighted by Crippen LogP contribution is -2.44. The molecule has 15 heavy (non-hydrogen) atoms. The Bertz CT molecular complexity index is 332. The van der Waals surface area contributed by atoms with E-state index in [1.54, 1.807) is 12.4 Å². The zero-order valence-electron chi connectivity index (χ0n) is 8.68. The minimum atomic E-state index is 0.320. The Morgan fingerprint density at radius 1 is 1.60 bits per heavy atom. The zero-order chi connectivity index (χ0) is 10.7. The van der Waals surface area contributed by atoms with Gasteiger partial charge in [-0.15, -0.1) is 0 Å². The molecule has 2 rings (SSSR count). The van der Waals surface area contributed by atoms with Crippen LogP contribution in [0.2, 0.25) is 0 Å². The molecule has 0 aliphatic carbocycles. The molecule has 0 radical (unpaired) electrons. The van der Waals surface area contributed by atoms with Crippen LogP contribution < -0.4 is 16.2 Å². The highest BCUT2D eigenvalue weighted by Gasteiger charge is 2.20. The highest BCUT2D eigenvalue weighted by atomic mass is 16.5. The first-order chi connectivity index (χ1) is 7.31. The number of ether oxygens (including phenoxy) is 1. The van der Waals surface area contributed by atoms with Gasteiger partial charge in [-0.05, 0) is 6.92 Å². The van der Waals surface area contributed by atoms with Crippen LogP contribution in [0.25, 0.3) is 0 Å². The highest BCUT2D eigenvalue weighted by molar-refractivity contribution is 5.44. The van der Waals surface area contributed by atoms with Crippen LogP contribution in [0.5, 0.6) is 0 Å². The summed E-state index contributed by atoms with van der Waals surface area (Å²) in [5, 5.41) is 0. The second kappa shape index (κ2) is 4.41. The normalized spacial score (nSPS) is 21.5. The molecule has 1 saturated heterocycles. The summed E-state index contributed by atoms with van der Waals surface area (Å²) >= 11 is 0. The number of rotatable bonds is 2. The van der Waals surface area contributed by atoms with E-state index in [0.29, 0.717) is 11.9 Å². The average molecular weight is 209 g/mol. The Morgan fingerprint density at radius 2 is 2.47 bits per heavy atom. The SMILES string of the molecule is CC1COCCN1c1cncc(NN)n1. The molecule has 1 aliphatic rings. The van der Waals surface area contributed by atoms with Crippen LogP contribution in [-0.4, -0.2) is 35.8 Å². The first-order valence-electron chi connectivity index (χ1n) is 4.94. The van der Waals surface area contributed by atoms with Crippen molar-refractivity contribution in [1.82, 2.24) is 9.97 Å². The molecule has 3 N–H and O–H groups in total. The van der Waals surface area contributed by atoms with Crippen molar-refractivity contribution in [1.29, 1.82) is 0 Å². The molecule has 82 valence electrons. The van der Waals surface area contributed by atoms with Crippen LogP contribution in [0, 0.1) is 0 Å². The largest absolute Gasteiger partial charge is 0.377 e. The molecule has 6 heteroatoms. The van der Waals surface area contributed by atoms with Gasteiger partial charge in [0.2, 0.25) is 0 Å². The van der Waals surface area contributed by atoms with E-state index in [1.165, 1.54) is 0 Å². The van der Waals surface area contributed by atoms with Gasteiger partial charge in [-0.25, -0.2) is 10.8 Å². The predicted octanol–water partition coefficient (Wildman–Crippen LogP) is -0.0127. The number of hydrogen-bond donors (Lipinski definition) is 2. The summed E-state index contributed by atoms with van der Waals surface area (Å²) in [6.45, 7) is 4.39. The zero-order valence-corrected chi connectivity index (χ0v) is 8.68. The fraction of sp³-hybridized carbons (Fsp3) is 0.556. The van der Waals surface area contributed by atoms with Crippen molar-refractivity contribution in [2.45, 2.75) is 13.0 Å². The van der Waals surface area contributed by atoms with Crippen molar-refractivity contribution in [3.63, 3.8) is 0 Å². The van der Waals surface area contributed by atoms with Crippen LogP contribution in [-0.2, 0) is 4.74 Å². The van der Waals surface area contributed by atoms with Crippen molar-refractivity contribution in [2.24, 2.45) is 5.84 Å². The first kappa shape index (κ1) is 10.1. The molecular formula is C9H15N5O. The van der Waals surface area contributed by atoms with Crippen LogP contribution in [0.4, 0.5) is 11.6 Å². The standard InChI is InChI=1S/C9H15N5O/c1-7-6-15-3-2-14(7)9-5-11-4-8(12-9)13-10/h4-5,7H,2-3,6,10H2,1H3,(H,12,13). The van der Waals surface area contributed by atoms with Crippen molar-refractivity contribution in [3.05, 3.63) is 12.4 Å². The van der Waals surface area contributed by atoms with Crippen molar-refractivity contribution >= 4 is 11.6 Å². The van der Waals surface area contributed by atoms with Gasteiger partial charge in [-0.2, -0.15) is 0 Å². The Labute approximate surface area is 88.4 Å². The fourth-order valence-electron chi connectivity index (χ4n) is 1.63. The lowest BCUT2D eigenvalue weighted by Gasteiger charge is -2.34. The van der Waals surface area contributed by atoms with Crippen LogP contribution in [0.1, 0.15) is 6.92 Å². The monoisotopic (exact) mass is 209 g/mol. The Kier molecular flexibility index (Phi) is 2.98. The minimum absolute atomic E-state index is 0.320. The number of morpholine rings is 1. The summed E-state index contributed by atoms with van der Waals surface area (Å²) in [6.07, 6.45) is 3.33. The number of aromatic nitrogens is 2. The topological polar surface area (TPSA) is 76.3 Å². The number of nitrogens with one attached hydrogen (secondary N) is 1. The van der Waals surface area contributed by atoms with E-state index in [1.807, 2.05) is 0 Å². The molecule has 1 aromatic rings. The number of nitrogen functional groups attached to an aromatic ring is 1. The first-order valence-corrected chi connectivity index (χ1v) is 4.94. The highest BCUT2D eigenvalue weighted by Crippen LogP contribution is 2.17. The van der Waals surface area contributed by atoms with Gasteiger partial charge in [0.1, 0.15) is 5.82 Å². The van der Waals surface area contributed by atoms with Crippen molar-refractivity contribution in [3.8, 4) is 0 Å². The number of hydrazine groups is 1. The number of hydrogen-bond acceptors (Lipinski definition) is 6. The summed E-state index contributed by atoms with van der Waals surface area (Å²) in [5.74, 6) is 6.70. The number of nitrogens with two attached hydrogens (primary N) is 1. The van der Waals surface area contributed by atoms with Gasteiger partial charge in [0, 0.05) is 6.54 Å². The van der Waals surface area contributed by atoms with Gasteiger partial charge in [0.05, 0.1) is 31.6 Å². The van der Waals surface area contributed by atoms with E-state index < -0.39 is 0 Å². The molecule has 0 aromatic carbocycles. The fourth-order valence-corrected chi connectivity index (χ4v) is 1.63. The molecule has 1 aromatic heterocycles. The van der Waals surface area contributed by atoms with Crippen molar-refractivity contribution in [2.75, 3.05) is 30.1 Å². The molecule has 0 spiro atoms. The van der Waals surface area contributed by atoms with Crippen LogP contribution in [0.3, 0.4) is 0 Å². The Morgan fingerprint density at radius 3 is 3.20 bits per heavy atom. The minimum Gasteiger partial charge on any atom is -0.377 e. The summed E-state index contributed by atoms with van der Waals surface area (Å²) in [5.41, 5.74) is 2.49. The quantitative estimate of drug-likeness (QED) is 0.527. The number of nitrogens with zero attached hydrogens (tertiary/aromatic N) is 3. The molecule has 0 bridgehead atoms. The molecule has 2 heterocycles.